The first-order valence-electron chi connectivity index (χ1n) is 6.86. The summed E-state index contributed by atoms with van der Waals surface area (Å²) in [5, 5.41) is 3.32. The normalized spacial score (nSPS) is 12.2. The van der Waals surface area contributed by atoms with E-state index in [9.17, 15) is 4.39 Å². The predicted molar refractivity (Wildman–Crippen MR) is 74.8 cm³/mol. The number of hydrogen-bond acceptors (Lipinski definition) is 2. The second kappa shape index (κ2) is 7.96. The van der Waals surface area contributed by atoms with Gasteiger partial charge in [0.1, 0.15) is 0 Å². The number of hydrogen-bond donors (Lipinski definition) is 1. The Morgan fingerprint density at radius 2 is 2.06 bits per heavy atom. The zero-order valence-corrected chi connectivity index (χ0v) is 11.6. The smallest absolute Gasteiger partial charge is 0.167 e. The van der Waals surface area contributed by atoms with Gasteiger partial charge in [-0.1, -0.05) is 26.2 Å². The Morgan fingerprint density at radius 3 is 2.67 bits per heavy atom. The Kier molecular flexibility index (Phi) is 6.55. The van der Waals surface area contributed by atoms with Crippen LogP contribution in [0.4, 0.5) is 10.1 Å². The largest absolute Gasteiger partial charge is 0.491 e. The van der Waals surface area contributed by atoms with Crippen LogP contribution < -0.4 is 10.1 Å². The molecule has 1 aromatic rings. The van der Waals surface area contributed by atoms with E-state index in [1.807, 2.05) is 13.0 Å². The van der Waals surface area contributed by atoms with Gasteiger partial charge in [-0.3, -0.25) is 0 Å². The SMILES string of the molecule is CCCCCC(C)Nc1ccc(OCC)c(F)c1. The summed E-state index contributed by atoms with van der Waals surface area (Å²) in [5.41, 5.74) is 0.819. The predicted octanol–water partition coefficient (Wildman–Crippen LogP) is 4.61. The van der Waals surface area contributed by atoms with E-state index >= 15 is 0 Å². The minimum absolute atomic E-state index is 0.303. The lowest BCUT2D eigenvalue weighted by Crippen LogP contribution is -2.15. The molecule has 0 bridgehead atoms. The average Bonchev–Trinajstić information content (AvgIpc) is 2.33. The summed E-state index contributed by atoms with van der Waals surface area (Å²) in [6, 6.07) is 5.42. The molecular weight excluding hydrogens is 229 g/mol. The maximum absolute atomic E-state index is 13.6. The fraction of sp³-hybridized carbons (Fsp3) is 0.600. The Bertz CT molecular complexity index is 354. The van der Waals surface area contributed by atoms with Gasteiger partial charge in [0.25, 0.3) is 0 Å². The van der Waals surface area contributed by atoms with Gasteiger partial charge < -0.3 is 10.1 Å². The van der Waals surface area contributed by atoms with Crippen LogP contribution in [-0.4, -0.2) is 12.6 Å². The molecule has 1 aromatic carbocycles. The monoisotopic (exact) mass is 253 g/mol. The third-order valence-corrected chi connectivity index (χ3v) is 2.89. The van der Waals surface area contributed by atoms with E-state index in [4.69, 9.17) is 4.74 Å². The second-order valence-corrected chi connectivity index (χ2v) is 4.62. The van der Waals surface area contributed by atoms with Gasteiger partial charge >= 0.3 is 0 Å². The summed E-state index contributed by atoms with van der Waals surface area (Å²) in [6.45, 7) is 6.66. The first-order valence-corrected chi connectivity index (χ1v) is 6.86. The molecule has 0 heterocycles. The summed E-state index contributed by atoms with van der Waals surface area (Å²) in [6.07, 6.45) is 4.81. The molecule has 1 unspecified atom stereocenters. The van der Waals surface area contributed by atoms with Gasteiger partial charge in [-0.05, 0) is 32.4 Å². The summed E-state index contributed by atoms with van der Waals surface area (Å²) in [5.74, 6) is 0.0179. The van der Waals surface area contributed by atoms with Crippen LogP contribution in [0.25, 0.3) is 0 Å². The molecule has 0 amide bonds. The third kappa shape index (κ3) is 4.94. The zero-order chi connectivity index (χ0) is 13.4. The van der Waals surface area contributed by atoms with Crippen LogP contribution in [0, 0.1) is 5.82 Å². The fourth-order valence-electron chi connectivity index (χ4n) is 1.92. The van der Waals surface area contributed by atoms with Gasteiger partial charge in [0.15, 0.2) is 11.6 Å². The van der Waals surface area contributed by atoms with Crippen molar-refractivity contribution in [2.45, 2.75) is 52.5 Å². The molecule has 102 valence electrons. The van der Waals surface area contributed by atoms with Crippen molar-refractivity contribution in [3.8, 4) is 5.75 Å². The molecule has 1 N–H and O–H groups in total. The highest BCUT2D eigenvalue weighted by atomic mass is 19.1. The van der Waals surface area contributed by atoms with Crippen LogP contribution in [-0.2, 0) is 0 Å². The standard InChI is InChI=1S/C15H24FNO/c1-4-6-7-8-12(3)17-13-9-10-15(18-5-2)14(16)11-13/h9-12,17H,4-8H2,1-3H3. The molecule has 0 aliphatic heterocycles. The van der Waals surface area contributed by atoms with Gasteiger partial charge in [-0.2, -0.15) is 0 Å². The zero-order valence-electron chi connectivity index (χ0n) is 11.6. The number of halogens is 1. The lowest BCUT2D eigenvalue weighted by Gasteiger charge is -2.15. The average molecular weight is 253 g/mol. The lowest BCUT2D eigenvalue weighted by molar-refractivity contribution is 0.321. The van der Waals surface area contributed by atoms with E-state index in [1.54, 1.807) is 6.07 Å². The highest BCUT2D eigenvalue weighted by Crippen LogP contribution is 2.22. The highest BCUT2D eigenvalue weighted by molar-refractivity contribution is 5.47. The molecule has 3 heteroatoms. The maximum Gasteiger partial charge on any atom is 0.167 e. The van der Waals surface area contributed by atoms with Crippen molar-refractivity contribution in [2.24, 2.45) is 0 Å². The van der Waals surface area contributed by atoms with Crippen molar-refractivity contribution in [3.05, 3.63) is 24.0 Å². The van der Waals surface area contributed by atoms with Crippen LogP contribution in [0.15, 0.2) is 18.2 Å². The molecule has 0 aliphatic rings. The van der Waals surface area contributed by atoms with Crippen molar-refractivity contribution in [1.82, 2.24) is 0 Å². The molecule has 2 nitrogen and oxygen atoms in total. The second-order valence-electron chi connectivity index (χ2n) is 4.62. The fourth-order valence-corrected chi connectivity index (χ4v) is 1.92. The number of rotatable bonds is 8. The number of ether oxygens (including phenoxy) is 1. The highest BCUT2D eigenvalue weighted by Gasteiger charge is 2.06. The number of nitrogens with one attached hydrogen (secondary N) is 1. The molecule has 0 radical (unpaired) electrons. The van der Waals surface area contributed by atoms with E-state index in [0.29, 0.717) is 18.4 Å². The van der Waals surface area contributed by atoms with E-state index in [0.717, 1.165) is 12.1 Å². The van der Waals surface area contributed by atoms with Crippen LogP contribution in [0.2, 0.25) is 0 Å². The molecule has 18 heavy (non-hydrogen) atoms. The number of anilines is 1. The molecule has 1 rings (SSSR count). The van der Waals surface area contributed by atoms with E-state index < -0.39 is 0 Å². The Morgan fingerprint density at radius 1 is 1.28 bits per heavy atom. The van der Waals surface area contributed by atoms with Gasteiger partial charge in [0.05, 0.1) is 6.61 Å². The van der Waals surface area contributed by atoms with Gasteiger partial charge in [-0.15, -0.1) is 0 Å². The number of benzene rings is 1. The lowest BCUT2D eigenvalue weighted by atomic mass is 10.1. The first kappa shape index (κ1) is 14.8. The minimum Gasteiger partial charge on any atom is -0.491 e. The van der Waals surface area contributed by atoms with Crippen molar-refractivity contribution in [3.63, 3.8) is 0 Å². The van der Waals surface area contributed by atoms with Crippen LogP contribution in [0.3, 0.4) is 0 Å². The topological polar surface area (TPSA) is 21.3 Å². The summed E-state index contributed by atoms with van der Waals surface area (Å²) in [4.78, 5) is 0. The Balaban J connectivity index is 2.49. The van der Waals surface area contributed by atoms with Crippen molar-refractivity contribution < 1.29 is 9.13 Å². The van der Waals surface area contributed by atoms with Crippen LogP contribution in [0.1, 0.15) is 46.5 Å². The molecule has 0 spiro atoms. The van der Waals surface area contributed by atoms with Gasteiger partial charge in [0.2, 0.25) is 0 Å². The molecule has 0 aliphatic carbocycles. The molecular formula is C15H24FNO. The third-order valence-electron chi connectivity index (χ3n) is 2.89. The van der Waals surface area contributed by atoms with Gasteiger partial charge in [0, 0.05) is 17.8 Å². The maximum atomic E-state index is 13.6. The Labute approximate surface area is 110 Å². The van der Waals surface area contributed by atoms with Crippen molar-refractivity contribution >= 4 is 5.69 Å². The molecule has 0 saturated heterocycles. The molecule has 1 atom stereocenters. The first-order chi connectivity index (χ1) is 8.67. The van der Waals surface area contributed by atoms with Gasteiger partial charge in [-0.25, -0.2) is 4.39 Å². The van der Waals surface area contributed by atoms with E-state index in [-0.39, 0.29) is 5.82 Å². The molecule has 0 aromatic heterocycles. The Hall–Kier alpha value is -1.25. The summed E-state index contributed by atoms with van der Waals surface area (Å²) >= 11 is 0. The quantitative estimate of drug-likeness (QED) is 0.683. The van der Waals surface area contributed by atoms with E-state index in [1.165, 1.54) is 25.3 Å². The van der Waals surface area contributed by atoms with Crippen LogP contribution in [0.5, 0.6) is 5.75 Å². The minimum atomic E-state index is -0.303. The van der Waals surface area contributed by atoms with E-state index in [2.05, 4.69) is 19.2 Å². The van der Waals surface area contributed by atoms with Crippen LogP contribution >= 0.6 is 0 Å². The molecule has 0 saturated carbocycles. The van der Waals surface area contributed by atoms with Crippen molar-refractivity contribution in [2.75, 3.05) is 11.9 Å². The number of unbranched alkanes of at least 4 members (excludes halogenated alkanes) is 2. The van der Waals surface area contributed by atoms with Crippen molar-refractivity contribution in [1.29, 1.82) is 0 Å². The summed E-state index contributed by atoms with van der Waals surface area (Å²) < 4.78 is 18.8. The summed E-state index contributed by atoms with van der Waals surface area (Å²) in [7, 11) is 0. The molecule has 0 fully saturated rings.